The van der Waals surface area contributed by atoms with Gasteiger partial charge in [-0.05, 0) is 32.0 Å². The number of nitrogens with zero attached hydrogens (tertiary/aromatic N) is 6. The highest BCUT2D eigenvalue weighted by molar-refractivity contribution is 5.87. The van der Waals surface area contributed by atoms with Gasteiger partial charge in [0.1, 0.15) is 11.6 Å². The Labute approximate surface area is 151 Å². The van der Waals surface area contributed by atoms with Crippen LogP contribution in [0.5, 0.6) is 0 Å². The van der Waals surface area contributed by atoms with Crippen LogP contribution in [0.4, 0.5) is 5.82 Å². The summed E-state index contributed by atoms with van der Waals surface area (Å²) in [6.45, 7) is 4.70. The van der Waals surface area contributed by atoms with Crippen LogP contribution in [0.25, 0.3) is 16.7 Å². The normalized spacial score (nSPS) is 11.2. The Morgan fingerprint density at radius 3 is 2.62 bits per heavy atom. The number of aromatic nitrogens is 6. The fourth-order valence-corrected chi connectivity index (χ4v) is 2.98. The molecule has 4 rings (SSSR count). The zero-order chi connectivity index (χ0) is 18.1. The smallest absolute Gasteiger partial charge is 0.168 e. The molecule has 0 unspecified atom stereocenters. The van der Waals surface area contributed by atoms with Crippen LogP contribution in [0.15, 0.2) is 42.6 Å². The molecule has 4 aromatic rings. The minimum Gasteiger partial charge on any atom is -0.369 e. The Kier molecular flexibility index (Phi) is 4.12. The van der Waals surface area contributed by atoms with E-state index in [1.807, 2.05) is 59.9 Å². The minimum absolute atomic E-state index is 0.714. The fraction of sp³-hybridized carbons (Fsp3) is 0.263. The largest absolute Gasteiger partial charge is 0.369 e. The second kappa shape index (κ2) is 6.59. The van der Waals surface area contributed by atoms with Gasteiger partial charge in [-0.3, -0.25) is 4.68 Å². The van der Waals surface area contributed by atoms with Crippen molar-refractivity contribution in [2.45, 2.75) is 20.3 Å². The maximum atomic E-state index is 4.59. The van der Waals surface area contributed by atoms with Crippen LogP contribution >= 0.6 is 0 Å². The third-order valence-corrected chi connectivity index (χ3v) is 4.38. The third-order valence-electron chi connectivity index (χ3n) is 4.38. The third kappa shape index (κ3) is 3.03. The lowest BCUT2D eigenvalue weighted by Gasteiger charge is -2.08. The summed E-state index contributed by atoms with van der Waals surface area (Å²) in [5.74, 6) is 1.52. The minimum atomic E-state index is 0.714. The molecule has 1 N–H and O–H groups in total. The SMILES string of the molecule is Cc1nc(NCCc2cc(C)n(C)n2)c2cnn(-c3ccccc3)c2n1. The number of nitrogens with one attached hydrogen (secondary N) is 1. The molecule has 0 aliphatic rings. The molecule has 0 saturated carbocycles. The van der Waals surface area contributed by atoms with Gasteiger partial charge in [0.25, 0.3) is 0 Å². The quantitative estimate of drug-likeness (QED) is 0.601. The molecule has 0 bridgehead atoms. The zero-order valence-corrected chi connectivity index (χ0v) is 15.1. The van der Waals surface area contributed by atoms with Crippen LogP contribution in [-0.4, -0.2) is 36.1 Å². The highest BCUT2D eigenvalue weighted by Crippen LogP contribution is 2.22. The number of fused-ring (bicyclic) bond motifs is 1. The van der Waals surface area contributed by atoms with Crippen molar-refractivity contribution < 1.29 is 0 Å². The lowest BCUT2D eigenvalue weighted by Crippen LogP contribution is -2.09. The average Bonchev–Trinajstić information content (AvgIpc) is 3.19. The average molecular weight is 347 g/mol. The molecule has 0 amide bonds. The van der Waals surface area contributed by atoms with Crippen molar-refractivity contribution in [3.05, 3.63) is 59.8 Å². The van der Waals surface area contributed by atoms with Crippen LogP contribution in [0, 0.1) is 13.8 Å². The molecule has 26 heavy (non-hydrogen) atoms. The fourth-order valence-electron chi connectivity index (χ4n) is 2.98. The molecule has 7 heteroatoms. The van der Waals surface area contributed by atoms with E-state index in [1.165, 1.54) is 0 Å². The van der Waals surface area contributed by atoms with Crippen molar-refractivity contribution in [3.63, 3.8) is 0 Å². The van der Waals surface area contributed by atoms with E-state index in [-0.39, 0.29) is 0 Å². The summed E-state index contributed by atoms with van der Waals surface area (Å²) in [6.07, 6.45) is 2.65. The van der Waals surface area contributed by atoms with E-state index in [4.69, 9.17) is 0 Å². The van der Waals surface area contributed by atoms with Crippen molar-refractivity contribution in [1.82, 2.24) is 29.5 Å². The van der Waals surface area contributed by atoms with Gasteiger partial charge in [-0.1, -0.05) is 18.2 Å². The molecule has 1 aromatic carbocycles. The van der Waals surface area contributed by atoms with Crippen LogP contribution in [-0.2, 0) is 13.5 Å². The Morgan fingerprint density at radius 1 is 1.08 bits per heavy atom. The monoisotopic (exact) mass is 347 g/mol. The van der Waals surface area contributed by atoms with E-state index in [0.717, 1.165) is 46.9 Å². The van der Waals surface area contributed by atoms with Gasteiger partial charge < -0.3 is 5.32 Å². The van der Waals surface area contributed by atoms with Gasteiger partial charge in [-0.2, -0.15) is 10.2 Å². The van der Waals surface area contributed by atoms with Gasteiger partial charge in [-0.15, -0.1) is 0 Å². The van der Waals surface area contributed by atoms with E-state index < -0.39 is 0 Å². The molecule has 0 atom stereocenters. The first-order valence-corrected chi connectivity index (χ1v) is 8.63. The van der Waals surface area contributed by atoms with Gasteiger partial charge in [0.2, 0.25) is 0 Å². The molecule has 7 nitrogen and oxygen atoms in total. The summed E-state index contributed by atoms with van der Waals surface area (Å²) in [4.78, 5) is 9.15. The van der Waals surface area contributed by atoms with Crippen molar-refractivity contribution >= 4 is 16.9 Å². The zero-order valence-electron chi connectivity index (χ0n) is 15.1. The Bertz CT molecular complexity index is 1030. The number of hydrogen-bond acceptors (Lipinski definition) is 5. The molecular formula is C19H21N7. The van der Waals surface area contributed by atoms with Gasteiger partial charge in [0, 0.05) is 25.7 Å². The molecule has 0 aliphatic heterocycles. The first-order chi connectivity index (χ1) is 12.6. The Hall–Kier alpha value is -3.22. The standard InChI is InChI=1S/C19H21N7/c1-13-11-15(24-25(13)3)9-10-20-18-17-12-21-26(16-7-5-4-6-8-16)19(17)23-14(2)22-18/h4-8,11-12H,9-10H2,1-3H3,(H,20,22,23). The molecule has 0 radical (unpaired) electrons. The lowest BCUT2D eigenvalue weighted by atomic mass is 10.3. The van der Waals surface area contributed by atoms with Gasteiger partial charge in [0.05, 0.1) is 23.0 Å². The molecule has 0 saturated heterocycles. The number of rotatable bonds is 5. The number of anilines is 1. The summed E-state index contributed by atoms with van der Waals surface area (Å²) in [5, 5.41) is 13.3. The topological polar surface area (TPSA) is 73.5 Å². The van der Waals surface area contributed by atoms with Crippen molar-refractivity contribution in [3.8, 4) is 5.69 Å². The van der Waals surface area contributed by atoms with Crippen molar-refractivity contribution in [2.24, 2.45) is 7.05 Å². The van der Waals surface area contributed by atoms with E-state index >= 15 is 0 Å². The van der Waals surface area contributed by atoms with E-state index in [2.05, 4.69) is 38.5 Å². The first-order valence-electron chi connectivity index (χ1n) is 8.63. The Morgan fingerprint density at radius 2 is 1.88 bits per heavy atom. The van der Waals surface area contributed by atoms with Crippen molar-refractivity contribution in [1.29, 1.82) is 0 Å². The lowest BCUT2D eigenvalue weighted by molar-refractivity contribution is 0.720. The number of para-hydroxylation sites is 1. The highest BCUT2D eigenvalue weighted by Gasteiger charge is 2.12. The van der Waals surface area contributed by atoms with E-state index in [0.29, 0.717) is 5.82 Å². The molecule has 0 spiro atoms. The number of aryl methyl sites for hydroxylation is 3. The molecule has 132 valence electrons. The second-order valence-electron chi connectivity index (χ2n) is 6.33. The maximum absolute atomic E-state index is 4.59. The first kappa shape index (κ1) is 16.3. The number of benzene rings is 1. The molecule has 3 aromatic heterocycles. The predicted molar refractivity (Wildman–Crippen MR) is 102 cm³/mol. The summed E-state index contributed by atoms with van der Waals surface area (Å²) in [5.41, 5.74) is 4.01. The number of hydrogen-bond donors (Lipinski definition) is 1. The molecular weight excluding hydrogens is 326 g/mol. The highest BCUT2D eigenvalue weighted by atomic mass is 15.3. The predicted octanol–water partition coefficient (Wildman–Crippen LogP) is 2.82. The summed E-state index contributed by atoms with van der Waals surface area (Å²) >= 11 is 0. The maximum Gasteiger partial charge on any atom is 0.168 e. The van der Waals surface area contributed by atoms with E-state index in [9.17, 15) is 0 Å². The van der Waals surface area contributed by atoms with Crippen LogP contribution < -0.4 is 5.32 Å². The summed E-state index contributed by atoms with van der Waals surface area (Å²) in [7, 11) is 1.96. The second-order valence-corrected chi connectivity index (χ2v) is 6.33. The van der Waals surface area contributed by atoms with Crippen LogP contribution in [0.1, 0.15) is 17.2 Å². The van der Waals surface area contributed by atoms with Gasteiger partial charge in [0.15, 0.2) is 5.65 Å². The molecule has 0 aliphatic carbocycles. The Balaban J connectivity index is 1.60. The van der Waals surface area contributed by atoms with E-state index in [1.54, 1.807) is 0 Å². The molecule has 3 heterocycles. The van der Waals surface area contributed by atoms with Gasteiger partial charge in [-0.25, -0.2) is 14.6 Å². The van der Waals surface area contributed by atoms with Crippen molar-refractivity contribution in [2.75, 3.05) is 11.9 Å². The van der Waals surface area contributed by atoms with Crippen LogP contribution in [0.2, 0.25) is 0 Å². The van der Waals surface area contributed by atoms with Crippen LogP contribution in [0.3, 0.4) is 0 Å². The summed E-state index contributed by atoms with van der Waals surface area (Å²) < 4.78 is 3.74. The van der Waals surface area contributed by atoms with Gasteiger partial charge >= 0.3 is 0 Å². The summed E-state index contributed by atoms with van der Waals surface area (Å²) in [6, 6.07) is 12.1. The molecule has 0 fully saturated rings.